The van der Waals surface area contributed by atoms with E-state index in [0.717, 1.165) is 17.9 Å². The van der Waals surface area contributed by atoms with Crippen LogP contribution in [0.4, 0.5) is 0 Å². The normalized spacial score (nSPS) is 14.3. The molecule has 0 fully saturated rings. The molecule has 0 aromatic carbocycles. The molecule has 0 bridgehead atoms. The Morgan fingerprint density at radius 3 is 2.74 bits per heavy atom. The summed E-state index contributed by atoms with van der Waals surface area (Å²) >= 11 is 0. The summed E-state index contributed by atoms with van der Waals surface area (Å²) in [5, 5.41) is 7.37. The van der Waals surface area contributed by atoms with Crippen LogP contribution in [0.25, 0.3) is 11.5 Å². The molecule has 2 heterocycles. The lowest BCUT2D eigenvalue weighted by Crippen LogP contribution is -2.30. The Labute approximate surface area is 113 Å². The van der Waals surface area contributed by atoms with Gasteiger partial charge < -0.3 is 9.84 Å². The van der Waals surface area contributed by atoms with Gasteiger partial charge >= 0.3 is 0 Å². The maximum absolute atomic E-state index is 5.35. The summed E-state index contributed by atoms with van der Waals surface area (Å²) in [5.74, 6) is 1.37. The topological polar surface area (TPSA) is 63.8 Å². The van der Waals surface area contributed by atoms with E-state index in [2.05, 4.69) is 41.2 Å². The maximum atomic E-state index is 5.35. The van der Waals surface area contributed by atoms with Crippen LogP contribution in [0.15, 0.2) is 22.7 Å². The van der Waals surface area contributed by atoms with Gasteiger partial charge in [-0.25, -0.2) is 4.98 Å². The maximum Gasteiger partial charge on any atom is 0.231 e. The van der Waals surface area contributed by atoms with Crippen molar-refractivity contribution in [3.63, 3.8) is 0 Å². The van der Waals surface area contributed by atoms with Gasteiger partial charge in [-0.15, -0.1) is 0 Å². The summed E-state index contributed by atoms with van der Waals surface area (Å²) in [4.78, 5) is 8.84. The zero-order valence-corrected chi connectivity index (χ0v) is 11.8. The minimum Gasteiger partial charge on any atom is -0.339 e. The molecule has 2 aromatic rings. The predicted octanol–water partition coefficient (Wildman–Crippen LogP) is 2.54. The molecule has 0 spiro atoms. The Morgan fingerprint density at radius 2 is 2.05 bits per heavy atom. The third-order valence-electron chi connectivity index (χ3n) is 3.22. The van der Waals surface area contributed by atoms with Crippen LogP contribution in [-0.2, 0) is 0 Å². The van der Waals surface area contributed by atoms with Gasteiger partial charge in [0, 0.05) is 11.7 Å². The van der Waals surface area contributed by atoms with Gasteiger partial charge in [0.2, 0.25) is 11.7 Å². The van der Waals surface area contributed by atoms with E-state index in [0.29, 0.717) is 17.8 Å². The lowest BCUT2D eigenvalue weighted by atomic mass is 10.0. The fraction of sp³-hybridized carbons (Fsp3) is 0.500. The molecule has 0 aliphatic rings. The van der Waals surface area contributed by atoms with Crippen LogP contribution in [0.2, 0.25) is 0 Å². The molecule has 0 amide bonds. The summed E-state index contributed by atoms with van der Waals surface area (Å²) in [6, 6.07) is 6.07. The van der Waals surface area contributed by atoms with Crippen LogP contribution in [-0.4, -0.2) is 27.7 Å². The van der Waals surface area contributed by atoms with E-state index in [1.807, 2.05) is 25.1 Å². The molecule has 0 aliphatic carbocycles. The lowest BCUT2D eigenvalue weighted by Gasteiger charge is -2.16. The first-order chi connectivity index (χ1) is 9.11. The molecule has 5 nitrogen and oxygen atoms in total. The van der Waals surface area contributed by atoms with Crippen molar-refractivity contribution in [2.45, 2.75) is 39.7 Å². The Kier molecular flexibility index (Phi) is 4.27. The summed E-state index contributed by atoms with van der Waals surface area (Å²) < 4.78 is 5.35. The molecule has 0 saturated heterocycles. The van der Waals surface area contributed by atoms with Gasteiger partial charge in [0.05, 0.1) is 5.92 Å². The van der Waals surface area contributed by atoms with Gasteiger partial charge in [-0.05, 0) is 32.5 Å². The van der Waals surface area contributed by atoms with Crippen LogP contribution in [0, 0.1) is 6.92 Å². The number of hydrogen-bond donors (Lipinski definition) is 1. The molecule has 2 aromatic heterocycles. The van der Waals surface area contributed by atoms with Crippen molar-refractivity contribution >= 4 is 0 Å². The molecular weight excluding hydrogens is 240 g/mol. The average Bonchev–Trinajstić information content (AvgIpc) is 2.87. The summed E-state index contributed by atoms with van der Waals surface area (Å²) in [6.07, 6.45) is 0. The molecule has 5 heteroatoms. The van der Waals surface area contributed by atoms with Crippen molar-refractivity contribution in [1.29, 1.82) is 0 Å². The van der Waals surface area contributed by atoms with Gasteiger partial charge in [0.25, 0.3) is 0 Å². The number of aromatic nitrogens is 3. The van der Waals surface area contributed by atoms with Crippen molar-refractivity contribution in [1.82, 2.24) is 20.4 Å². The highest BCUT2D eigenvalue weighted by Gasteiger charge is 2.20. The number of pyridine rings is 1. The van der Waals surface area contributed by atoms with Gasteiger partial charge in [0.1, 0.15) is 5.69 Å². The molecule has 19 heavy (non-hydrogen) atoms. The van der Waals surface area contributed by atoms with E-state index in [-0.39, 0.29) is 5.92 Å². The molecule has 0 aliphatic heterocycles. The average molecular weight is 260 g/mol. The second-order valence-corrected chi connectivity index (χ2v) is 4.76. The molecule has 2 atom stereocenters. The molecule has 1 N–H and O–H groups in total. The standard InChI is InChI=1S/C14H20N4O/c1-5-15-11(4)10(3)14-17-13(18-19-14)12-8-6-7-9(2)16-12/h6-8,10-11,15H,5H2,1-4H3. The largest absolute Gasteiger partial charge is 0.339 e. The van der Waals surface area contributed by atoms with E-state index >= 15 is 0 Å². The van der Waals surface area contributed by atoms with Crippen LogP contribution >= 0.6 is 0 Å². The van der Waals surface area contributed by atoms with Crippen molar-refractivity contribution in [2.24, 2.45) is 0 Å². The minimum atomic E-state index is 0.172. The SMILES string of the molecule is CCNC(C)C(C)c1nc(-c2cccc(C)n2)no1. The van der Waals surface area contributed by atoms with Crippen molar-refractivity contribution in [3.8, 4) is 11.5 Å². The van der Waals surface area contributed by atoms with Crippen molar-refractivity contribution in [2.75, 3.05) is 6.54 Å². The Morgan fingerprint density at radius 1 is 1.26 bits per heavy atom. The monoisotopic (exact) mass is 260 g/mol. The van der Waals surface area contributed by atoms with Gasteiger partial charge in [-0.2, -0.15) is 4.98 Å². The highest BCUT2D eigenvalue weighted by atomic mass is 16.5. The molecule has 2 unspecified atom stereocenters. The van der Waals surface area contributed by atoms with Crippen LogP contribution in [0.1, 0.15) is 38.3 Å². The Hall–Kier alpha value is -1.75. The second-order valence-electron chi connectivity index (χ2n) is 4.76. The van der Waals surface area contributed by atoms with E-state index in [4.69, 9.17) is 4.52 Å². The van der Waals surface area contributed by atoms with E-state index < -0.39 is 0 Å². The van der Waals surface area contributed by atoms with E-state index in [9.17, 15) is 0 Å². The molecule has 0 radical (unpaired) electrons. The molecular formula is C14H20N4O. The van der Waals surface area contributed by atoms with Gasteiger partial charge in [-0.3, -0.25) is 0 Å². The lowest BCUT2D eigenvalue weighted by molar-refractivity contribution is 0.332. The number of nitrogens with one attached hydrogen (secondary N) is 1. The quantitative estimate of drug-likeness (QED) is 0.895. The van der Waals surface area contributed by atoms with Crippen LogP contribution < -0.4 is 5.32 Å². The zero-order chi connectivity index (χ0) is 13.8. The first-order valence-electron chi connectivity index (χ1n) is 6.62. The third-order valence-corrected chi connectivity index (χ3v) is 3.22. The van der Waals surface area contributed by atoms with Crippen molar-refractivity contribution < 1.29 is 4.52 Å². The highest BCUT2D eigenvalue weighted by molar-refractivity contribution is 5.48. The molecule has 2 rings (SSSR count). The van der Waals surface area contributed by atoms with E-state index in [1.54, 1.807) is 0 Å². The van der Waals surface area contributed by atoms with E-state index in [1.165, 1.54) is 0 Å². The summed E-state index contributed by atoms with van der Waals surface area (Å²) in [5.41, 5.74) is 1.69. The number of hydrogen-bond acceptors (Lipinski definition) is 5. The van der Waals surface area contributed by atoms with Gasteiger partial charge in [0.15, 0.2) is 0 Å². The highest BCUT2D eigenvalue weighted by Crippen LogP contribution is 2.20. The first-order valence-corrected chi connectivity index (χ1v) is 6.62. The first kappa shape index (κ1) is 13.7. The Balaban J connectivity index is 2.19. The van der Waals surface area contributed by atoms with Gasteiger partial charge in [-0.1, -0.05) is 25.1 Å². The summed E-state index contributed by atoms with van der Waals surface area (Å²) in [6.45, 7) is 9.14. The Bertz CT molecular complexity index is 538. The second kappa shape index (κ2) is 5.93. The fourth-order valence-electron chi connectivity index (χ4n) is 1.90. The van der Waals surface area contributed by atoms with Crippen LogP contribution in [0.5, 0.6) is 0 Å². The number of nitrogens with zero attached hydrogens (tertiary/aromatic N) is 3. The zero-order valence-electron chi connectivity index (χ0n) is 11.8. The molecule has 0 saturated carbocycles. The third kappa shape index (κ3) is 3.17. The number of likely N-dealkylation sites (N-methyl/N-ethyl adjacent to an activating group) is 1. The number of aryl methyl sites for hydroxylation is 1. The minimum absolute atomic E-state index is 0.172. The fourth-order valence-corrected chi connectivity index (χ4v) is 1.90. The molecule has 102 valence electrons. The number of rotatable bonds is 5. The van der Waals surface area contributed by atoms with Crippen molar-refractivity contribution in [3.05, 3.63) is 29.8 Å². The summed E-state index contributed by atoms with van der Waals surface area (Å²) in [7, 11) is 0. The predicted molar refractivity (Wildman–Crippen MR) is 73.8 cm³/mol. The smallest absolute Gasteiger partial charge is 0.231 e. The van der Waals surface area contributed by atoms with Crippen LogP contribution in [0.3, 0.4) is 0 Å².